The van der Waals surface area contributed by atoms with Crippen molar-refractivity contribution in [3.63, 3.8) is 0 Å². The number of methoxy groups -OCH3 is 1. The lowest BCUT2D eigenvalue weighted by molar-refractivity contribution is -0.144. The Hall–Kier alpha value is -2.85. The standard InChI is InChI=1S/C23H34BN3O6/c1-15(2)12-20-22(29)26-19(23(30)31-3)6-4-5-11-32-17-9-7-16(8-10-17)13-18(21(28)27-20)24-33-14-25/h4,6-10,15,18-20,24H,5,11-14,25H2,1-3H3,(H,26,29)(H,27,28)/t18-,19-,20-/m0/s1. The number of ether oxygens (including phenoxy) is 2. The molecule has 0 saturated carbocycles. The van der Waals surface area contributed by atoms with Crippen molar-refractivity contribution in [2.45, 2.75) is 51.0 Å². The van der Waals surface area contributed by atoms with Crippen LogP contribution in [0.5, 0.6) is 5.75 Å². The summed E-state index contributed by atoms with van der Waals surface area (Å²) < 4.78 is 15.9. The molecule has 0 unspecified atom stereocenters. The fourth-order valence-electron chi connectivity index (χ4n) is 3.48. The first-order chi connectivity index (χ1) is 15.8. The molecule has 0 aromatic heterocycles. The number of hydrogen-bond donors (Lipinski definition) is 3. The van der Waals surface area contributed by atoms with E-state index >= 15 is 0 Å². The van der Waals surface area contributed by atoms with Crippen LogP contribution in [0, 0.1) is 5.92 Å². The Labute approximate surface area is 195 Å². The molecule has 2 aliphatic rings. The number of nitrogens with one attached hydrogen (secondary N) is 2. The molecular weight excluding hydrogens is 425 g/mol. The summed E-state index contributed by atoms with van der Waals surface area (Å²) in [6, 6.07) is 5.70. The number of nitrogens with two attached hydrogens (primary N) is 1. The molecule has 0 spiro atoms. The minimum atomic E-state index is -0.972. The number of hydrogen-bond acceptors (Lipinski definition) is 7. The van der Waals surface area contributed by atoms with Gasteiger partial charge < -0.3 is 30.5 Å². The van der Waals surface area contributed by atoms with Gasteiger partial charge in [-0.15, -0.1) is 0 Å². The molecule has 0 aliphatic carbocycles. The van der Waals surface area contributed by atoms with Crippen LogP contribution in [-0.2, 0) is 30.2 Å². The molecule has 0 radical (unpaired) electrons. The van der Waals surface area contributed by atoms with Gasteiger partial charge in [-0.3, -0.25) is 9.59 Å². The van der Waals surface area contributed by atoms with Crippen molar-refractivity contribution in [1.82, 2.24) is 10.6 Å². The Bertz CT molecular complexity index is 815. The van der Waals surface area contributed by atoms with Gasteiger partial charge in [0.25, 0.3) is 7.48 Å². The second-order valence-corrected chi connectivity index (χ2v) is 8.35. The zero-order chi connectivity index (χ0) is 24.2. The lowest BCUT2D eigenvalue weighted by Gasteiger charge is -2.24. The van der Waals surface area contributed by atoms with Crippen LogP contribution in [0.25, 0.3) is 0 Å². The van der Waals surface area contributed by atoms with Crippen LogP contribution in [0.15, 0.2) is 36.4 Å². The van der Waals surface area contributed by atoms with Crippen LogP contribution >= 0.6 is 0 Å². The summed E-state index contributed by atoms with van der Waals surface area (Å²) in [6.07, 6.45) is 4.68. The van der Waals surface area contributed by atoms with Crippen LogP contribution in [-0.4, -0.2) is 57.8 Å². The van der Waals surface area contributed by atoms with Gasteiger partial charge in [-0.2, -0.15) is 0 Å². The molecular formula is C23H34BN3O6. The first kappa shape index (κ1) is 26.4. The Balaban J connectivity index is 2.34. The number of fused-ring (bicyclic) bond motifs is 13. The van der Waals surface area contributed by atoms with Crippen molar-refractivity contribution in [2.75, 3.05) is 20.4 Å². The van der Waals surface area contributed by atoms with E-state index in [-0.39, 0.29) is 26.0 Å². The maximum absolute atomic E-state index is 13.1. The van der Waals surface area contributed by atoms with E-state index in [0.717, 1.165) is 5.56 Å². The molecule has 1 aromatic carbocycles. The Morgan fingerprint density at radius 3 is 2.58 bits per heavy atom. The maximum Gasteiger partial charge on any atom is 0.332 e. The zero-order valence-electron chi connectivity index (χ0n) is 19.5. The lowest BCUT2D eigenvalue weighted by atomic mass is 9.75. The minimum absolute atomic E-state index is 0.0143. The van der Waals surface area contributed by atoms with E-state index in [0.29, 0.717) is 31.6 Å². The van der Waals surface area contributed by atoms with Gasteiger partial charge in [0, 0.05) is 5.82 Å². The van der Waals surface area contributed by atoms with Crippen LogP contribution in [0.1, 0.15) is 32.3 Å². The predicted molar refractivity (Wildman–Crippen MR) is 126 cm³/mol. The van der Waals surface area contributed by atoms with E-state index in [2.05, 4.69) is 10.6 Å². The van der Waals surface area contributed by atoms with Gasteiger partial charge in [0.15, 0.2) is 0 Å². The van der Waals surface area contributed by atoms with Crippen LogP contribution in [0.3, 0.4) is 0 Å². The van der Waals surface area contributed by atoms with Gasteiger partial charge in [-0.05, 0) is 42.9 Å². The van der Waals surface area contributed by atoms with E-state index in [1.807, 2.05) is 38.1 Å². The summed E-state index contributed by atoms with van der Waals surface area (Å²) in [5, 5.41) is 5.53. The monoisotopic (exact) mass is 459 g/mol. The quantitative estimate of drug-likeness (QED) is 0.249. The third-order valence-corrected chi connectivity index (χ3v) is 5.19. The molecule has 3 rings (SSSR count). The number of benzene rings is 1. The first-order valence-electron chi connectivity index (χ1n) is 11.2. The Morgan fingerprint density at radius 1 is 1.21 bits per heavy atom. The maximum atomic E-state index is 13.1. The van der Waals surface area contributed by atoms with Crippen LogP contribution in [0.4, 0.5) is 0 Å². The van der Waals surface area contributed by atoms with Crippen LogP contribution in [0.2, 0.25) is 5.82 Å². The van der Waals surface area contributed by atoms with Crippen molar-refractivity contribution >= 4 is 25.3 Å². The smallest absolute Gasteiger partial charge is 0.332 e. The normalized spacial score (nSPS) is 22.2. The van der Waals surface area contributed by atoms with Crippen LogP contribution < -0.4 is 21.1 Å². The summed E-state index contributed by atoms with van der Waals surface area (Å²) in [7, 11) is 1.37. The molecule has 9 nitrogen and oxygen atoms in total. The van der Waals surface area contributed by atoms with Gasteiger partial charge in [0.2, 0.25) is 11.8 Å². The largest absolute Gasteiger partial charge is 0.493 e. The molecule has 4 N–H and O–H groups in total. The Morgan fingerprint density at radius 2 is 1.94 bits per heavy atom. The number of carbonyl (C=O) groups excluding carboxylic acids is 3. The average molecular weight is 459 g/mol. The fraction of sp³-hybridized carbons (Fsp3) is 0.522. The van der Waals surface area contributed by atoms with E-state index in [1.54, 1.807) is 12.2 Å². The third-order valence-electron chi connectivity index (χ3n) is 5.19. The molecule has 2 bridgehead atoms. The highest BCUT2D eigenvalue weighted by molar-refractivity contribution is 6.37. The SMILES string of the molecule is COC(=O)[C@@H]1C=CCCOc2ccc(cc2)C[C@H](BOCN)C(=O)N[C@@H](CC(C)C)C(=O)N1. The highest BCUT2D eigenvalue weighted by Gasteiger charge is 2.30. The van der Waals surface area contributed by atoms with Gasteiger partial charge >= 0.3 is 5.97 Å². The van der Waals surface area contributed by atoms with E-state index in [9.17, 15) is 14.4 Å². The average Bonchev–Trinajstić information content (AvgIpc) is 2.79. The van der Waals surface area contributed by atoms with Crippen molar-refractivity contribution in [3.05, 3.63) is 42.0 Å². The van der Waals surface area contributed by atoms with Gasteiger partial charge in [0.05, 0.1) is 20.4 Å². The lowest BCUT2D eigenvalue weighted by Crippen LogP contribution is -2.52. The summed E-state index contributed by atoms with van der Waals surface area (Å²) in [5.74, 6) is -1.09. The zero-order valence-corrected chi connectivity index (χ0v) is 19.5. The summed E-state index contributed by atoms with van der Waals surface area (Å²) in [6.45, 7) is 4.30. The molecule has 2 aliphatic heterocycles. The number of carbonyl (C=O) groups is 3. The van der Waals surface area contributed by atoms with Crippen molar-refractivity contribution in [1.29, 1.82) is 0 Å². The highest BCUT2D eigenvalue weighted by atomic mass is 16.5. The molecule has 0 fully saturated rings. The molecule has 33 heavy (non-hydrogen) atoms. The molecule has 2 amide bonds. The second kappa shape index (κ2) is 13.6. The summed E-state index contributed by atoms with van der Waals surface area (Å²) in [4.78, 5) is 38.4. The van der Waals surface area contributed by atoms with Crippen molar-refractivity contribution in [2.24, 2.45) is 11.7 Å². The summed E-state index contributed by atoms with van der Waals surface area (Å²) in [5.41, 5.74) is 6.40. The fourth-order valence-corrected chi connectivity index (χ4v) is 3.48. The highest BCUT2D eigenvalue weighted by Crippen LogP contribution is 2.19. The molecule has 180 valence electrons. The number of amides is 2. The topological polar surface area (TPSA) is 129 Å². The van der Waals surface area contributed by atoms with Crippen molar-refractivity contribution < 1.29 is 28.5 Å². The summed E-state index contributed by atoms with van der Waals surface area (Å²) >= 11 is 0. The van der Waals surface area contributed by atoms with Gasteiger partial charge in [0.1, 0.15) is 17.8 Å². The molecule has 0 saturated heterocycles. The minimum Gasteiger partial charge on any atom is -0.493 e. The van der Waals surface area contributed by atoms with E-state index in [1.165, 1.54) is 7.11 Å². The van der Waals surface area contributed by atoms with E-state index < -0.39 is 29.8 Å². The molecule has 3 atom stereocenters. The Kier molecular flexibility index (Phi) is 10.9. The second-order valence-electron chi connectivity index (χ2n) is 8.35. The van der Waals surface area contributed by atoms with Gasteiger partial charge in [-0.1, -0.05) is 38.1 Å². The predicted octanol–water partition coefficient (Wildman–Crippen LogP) is 0.829. The molecule has 10 heteroatoms. The molecule has 2 heterocycles. The van der Waals surface area contributed by atoms with E-state index in [4.69, 9.17) is 19.9 Å². The van der Waals surface area contributed by atoms with Gasteiger partial charge in [-0.25, -0.2) is 4.79 Å². The number of esters is 1. The number of rotatable bonds is 6. The third kappa shape index (κ3) is 8.90. The molecule has 1 aromatic rings. The van der Waals surface area contributed by atoms with Crippen molar-refractivity contribution in [3.8, 4) is 5.75 Å². The first-order valence-corrected chi connectivity index (χ1v) is 11.2.